The molecule has 0 aliphatic heterocycles. The van der Waals surface area contributed by atoms with E-state index in [0.717, 1.165) is 0 Å². The van der Waals surface area contributed by atoms with Gasteiger partial charge in [0.05, 0.1) is 22.1 Å². The second-order valence-electron chi connectivity index (χ2n) is 3.26. The van der Waals surface area contributed by atoms with Crippen LogP contribution >= 0.6 is 27.5 Å². The maximum Gasteiger partial charge on any atom is 0.356 e. The van der Waals surface area contributed by atoms with Crippen molar-refractivity contribution in [2.24, 2.45) is 0 Å². The van der Waals surface area contributed by atoms with Crippen LogP contribution in [0.3, 0.4) is 0 Å². The van der Waals surface area contributed by atoms with Gasteiger partial charge in [-0.1, -0.05) is 11.6 Å². The van der Waals surface area contributed by atoms with Crippen LogP contribution in [0.4, 0.5) is 4.39 Å². The van der Waals surface area contributed by atoms with Crippen molar-refractivity contribution in [3.63, 3.8) is 0 Å². The summed E-state index contributed by atoms with van der Waals surface area (Å²) in [4.78, 5) is 15.3. The lowest BCUT2D eigenvalue weighted by Crippen LogP contribution is -2.04. The summed E-state index contributed by atoms with van der Waals surface area (Å²) in [6.07, 6.45) is 0. The van der Waals surface area contributed by atoms with Crippen molar-refractivity contribution in [3.05, 3.63) is 39.2 Å². The molecule has 0 aliphatic rings. The van der Waals surface area contributed by atoms with Gasteiger partial charge in [0.1, 0.15) is 5.82 Å². The van der Waals surface area contributed by atoms with Crippen molar-refractivity contribution < 1.29 is 13.9 Å². The van der Waals surface area contributed by atoms with E-state index in [1.165, 1.54) is 25.3 Å². The molecule has 6 heteroatoms. The van der Waals surface area contributed by atoms with Gasteiger partial charge in [0.15, 0.2) is 5.69 Å². The van der Waals surface area contributed by atoms with Gasteiger partial charge in [-0.2, -0.15) is 0 Å². The third-order valence-corrected chi connectivity index (χ3v) is 3.12. The van der Waals surface area contributed by atoms with Crippen LogP contribution in [0.15, 0.2) is 22.7 Å². The minimum absolute atomic E-state index is 0.0479. The largest absolute Gasteiger partial charge is 0.464 e. The molecular weight excluding hydrogens is 312 g/mol. The lowest BCUT2D eigenvalue weighted by Gasteiger charge is -2.05. The smallest absolute Gasteiger partial charge is 0.356 e. The zero-order valence-electron chi connectivity index (χ0n) is 8.63. The van der Waals surface area contributed by atoms with E-state index >= 15 is 0 Å². The number of fused-ring (bicyclic) bond motifs is 1. The number of hydrogen-bond acceptors (Lipinski definition) is 3. The Morgan fingerprint density at radius 1 is 1.47 bits per heavy atom. The minimum atomic E-state index is -0.614. The predicted octanol–water partition coefficient (Wildman–Crippen LogP) is 3.58. The molecule has 0 fully saturated rings. The van der Waals surface area contributed by atoms with Gasteiger partial charge in [0.25, 0.3) is 0 Å². The molecule has 0 amide bonds. The topological polar surface area (TPSA) is 39.2 Å². The second kappa shape index (κ2) is 4.58. The Bertz CT molecular complexity index is 618. The van der Waals surface area contributed by atoms with Gasteiger partial charge >= 0.3 is 5.97 Å². The first kappa shape index (κ1) is 12.3. The summed E-state index contributed by atoms with van der Waals surface area (Å²) in [6.45, 7) is 0. The molecule has 0 N–H and O–H groups in total. The number of carbonyl (C=O) groups excluding carboxylic acids is 1. The van der Waals surface area contributed by atoms with Crippen molar-refractivity contribution in [1.82, 2.24) is 4.98 Å². The number of ether oxygens (including phenoxy) is 1. The van der Waals surface area contributed by atoms with E-state index in [0.29, 0.717) is 20.4 Å². The molecule has 0 radical (unpaired) electrons. The highest BCUT2D eigenvalue weighted by molar-refractivity contribution is 9.10. The van der Waals surface area contributed by atoms with Crippen molar-refractivity contribution in [2.75, 3.05) is 7.11 Å². The Hall–Kier alpha value is -1.20. The monoisotopic (exact) mass is 317 g/mol. The number of methoxy groups -OCH3 is 1. The van der Waals surface area contributed by atoms with Crippen molar-refractivity contribution >= 4 is 44.4 Å². The fraction of sp³-hybridized carbons (Fsp3) is 0.0909. The normalized spacial score (nSPS) is 10.6. The van der Waals surface area contributed by atoms with Crippen LogP contribution in [0.25, 0.3) is 10.9 Å². The van der Waals surface area contributed by atoms with E-state index in [-0.39, 0.29) is 5.69 Å². The van der Waals surface area contributed by atoms with E-state index in [9.17, 15) is 9.18 Å². The first-order valence-corrected chi connectivity index (χ1v) is 5.73. The number of halogens is 3. The van der Waals surface area contributed by atoms with E-state index in [1.54, 1.807) is 0 Å². The number of nitrogens with zero attached hydrogens (tertiary/aromatic N) is 1. The summed E-state index contributed by atoms with van der Waals surface area (Å²) in [7, 11) is 1.24. The highest BCUT2D eigenvalue weighted by atomic mass is 79.9. The van der Waals surface area contributed by atoms with Crippen LogP contribution in [0.2, 0.25) is 5.02 Å². The molecule has 88 valence electrons. The van der Waals surface area contributed by atoms with Crippen LogP contribution in [-0.4, -0.2) is 18.1 Å². The Morgan fingerprint density at radius 3 is 2.82 bits per heavy atom. The van der Waals surface area contributed by atoms with Gasteiger partial charge in [-0.3, -0.25) is 0 Å². The molecule has 2 rings (SSSR count). The molecule has 0 saturated carbocycles. The van der Waals surface area contributed by atoms with E-state index in [4.69, 9.17) is 11.6 Å². The lowest BCUT2D eigenvalue weighted by atomic mass is 10.2. The van der Waals surface area contributed by atoms with E-state index in [2.05, 4.69) is 25.7 Å². The number of aromatic nitrogens is 1. The maximum atomic E-state index is 13.3. The molecule has 1 aromatic heterocycles. The number of pyridine rings is 1. The molecule has 0 atom stereocenters. The third kappa shape index (κ3) is 2.25. The SMILES string of the molecule is COC(=O)c1cc(Cl)c2cc(Br)c(F)cc2n1. The lowest BCUT2D eigenvalue weighted by molar-refractivity contribution is 0.0594. The van der Waals surface area contributed by atoms with E-state index in [1.807, 2.05) is 0 Å². The quantitative estimate of drug-likeness (QED) is 0.755. The number of benzene rings is 1. The molecule has 3 nitrogen and oxygen atoms in total. The molecule has 0 spiro atoms. The Labute approximate surface area is 110 Å². The fourth-order valence-electron chi connectivity index (χ4n) is 1.39. The Kier molecular flexibility index (Phi) is 3.31. The average Bonchev–Trinajstić information content (AvgIpc) is 2.30. The molecule has 2 aromatic rings. The van der Waals surface area contributed by atoms with Gasteiger partial charge in [-0.05, 0) is 28.1 Å². The first-order chi connectivity index (χ1) is 8.02. The van der Waals surface area contributed by atoms with Crippen LogP contribution in [0, 0.1) is 5.82 Å². The summed E-state index contributed by atoms with van der Waals surface area (Å²) in [5.74, 6) is -1.08. The van der Waals surface area contributed by atoms with Gasteiger partial charge in [-0.15, -0.1) is 0 Å². The molecule has 0 aliphatic carbocycles. The highest BCUT2D eigenvalue weighted by Crippen LogP contribution is 2.28. The van der Waals surface area contributed by atoms with Crippen LogP contribution in [0.1, 0.15) is 10.5 Å². The van der Waals surface area contributed by atoms with Crippen LogP contribution in [-0.2, 0) is 4.74 Å². The maximum absolute atomic E-state index is 13.3. The molecule has 17 heavy (non-hydrogen) atoms. The number of hydrogen-bond donors (Lipinski definition) is 0. The molecular formula is C11H6BrClFNO2. The molecule has 0 bridgehead atoms. The standard InChI is InChI=1S/C11H6BrClFNO2/c1-17-11(16)10-3-7(13)5-2-6(12)8(14)4-9(5)15-10/h2-4H,1H3. The van der Waals surface area contributed by atoms with Crippen molar-refractivity contribution in [1.29, 1.82) is 0 Å². The summed E-state index contributed by atoms with van der Waals surface area (Å²) < 4.78 is 18.2. The number of rotatable bonds is 1. The summed E-state index contributed by atoms with van der Waals surface area (Å²) in [6, 6.07) is 4.11. The average molecular weight is 319 g/mol. The highest BCUT2D eigenvalue weighted by Gasteiger charge is 2.13. The number of carbonyl (C=O) groups is 1. The summed E-state index contributed by atoms with van der Waals surface area (Å²) >= 11 is 9.06. The summed E-state index contributed by atoms with van der Waals surface area (Å²) in [5, 5.41) is 0.878. The van der Waals surface area contributed by atoms with Crippen molar-refractivity contribution in [2.45, 2.75) is 0 Å². The first-order valence-electron chi connectivity index (χ1n) is 4.56. The zero-order valence-corrected chi connectivity index (χ0v) is 11.0. The Balaban J connectivity index is 2.73. The third-order valence-electron chi connectivity index (χ3n) is 2.19. The molecule has 1 aromatic carbocycles. The molecule has 0 unspecified atom stereocenters. The number of esters is 1. The van der Waals surface area contributed by atoms with Gasteiger partial charge in [0, 0.05) is 11.5 Å². The van der Waals surface area contributed by atoms with E-state index < -0.39 is 11.8 Å². The van der Waals surface area contributed by atoms with Crippen LogP contribution < -0.4 is 0 Å². The second-order valence-corrected chi connectivity index (χ2v) is 4.53. The summed E-state index contributed by atoms with van der Waals surface area (Å²) in [5.41, 5.74) is 0.352. The van der Waals surface area contributed by atoms with Gasteiger partial charge < -0.3 is 4.74 Å². The van der Waals surface area contributed by atoms with Gasteiger partial charge in [-0.25, -0.2) is 14.2 Å². The Morgan fingerprint density at radius 2 is 2.18 bits per heavy atom. The van der Waals surface area contributed by atoms with Gasteiger partial charge in [0.2, 0.25) is 0 Å². The van der Waals surface area contributed by atoms with Crippen LogP contribution in [0.5, 0.6) is 0 Å². The molecule has 0 saturated heterocycles. The fourth-order valence-corrected chi connectivity index (χ4v) is 1.99. The predicted molar refractivity (Wildman–Crippen MR) is 65.8 cm³/mol. The minimum Gasteiger partial charge on any atom is -0.464 e. The van der Waals surface area contributed by atoms with Crippen molar-refractivity contribution in [3.8, 4) is 0 Å². The molecule has 1 heterocycles. The zero-order chi connectivity index (χ0) is 12.6.